The van der Waals surface area contributed by atoms with Gasteiger partial charge in [0.15, 0.2) is 0 Å². The third-order valence-corrected chi connectivity index (χ3v) is 2.08. The lowest BCUT2D eigenvalue weighted by molar-refractivity contribution is -0.125. The third kappa shape index (κ3) is 3.42. The predicted molar refractivity (Wildman–Crippen MR) is 42.8 cm³/mol. The molecule has 0 aliphatic carbocycles. The quantitative estimate of drug-likeness (QED) is 0.704. The topological polar surface area (TPSA) is 21.3 Å². The fourth-order valence-corrected chi connectivity index (χ4v) is 1.28. The number of nitrogens with one attached hydrogen (secondary N) is 1. The van der Waals surface area contributed by atoms with Crippen LogP contribution in [0.25, 0.3) is 0 Å². The SMILES string of the molecule is FC(F)C(F)(F)CNCC1CCCO1. The molecule has 84 valence electrons. The maximum atomic E-state index is 12.4. The number of halogens is 4. The van der Waals surface area contributed by atoms with Crippen molar-refractivity contribution in [3.63, 3.8) is 0 Å². The first-order valence-corrected chi connectivity index (χ1v) is 4.50. The second kappa shape index (κ2) is 4.93. The van der Waals surface area contributed by atoms with Crippen LogP contribution in [-0.4, -0.2) is 38.1 Å². The Morgan fingerprint density at radius 3 is 2.64 bits per heavy atom. The van der Waals surface area contributed by atoms with Crippen molar-refractivity contribution in [1.82, 2.24) is 5.32 Å². The van der Waals surface area contributed by atoms with Crippen molar-refractivity contribution in [2.75, 3.05) is 19.7 Å². The first-order chi connectivity index (χ1) is 6.52. The average molecular weight is 215 g/mol. The Bertz CT molecular complexity index is 171. The largest absolute Gasteiger partial charge is 0.377 e. The molecule has 1 rings (SSSR count). The van der Waals surface area contributed by atoms with E-state index in [2.05, 4.69) is 5.32 Å². The van der Waals surface area contributed by atoms with Crippen LogP contribution in [-0.2, 0) is 4.74 Å². The van der Waals surface area contributed by atoms with E-state index in [1.165, 1.54) is 0 Å². The van der Waals surface area contributed by atoms with Gasteiger partial charge in [-0.2, -0.15) is 8.78 Å². The van der Waals surface area contributed by atoms with Crippen molar-refractivity contribution in [3.05, 3.63) is 0 Å². The highest BCUT2D eigenvalue weighted by Gasteiger charge is 2.40. The van der Waals surface area contributed by atoms with Gasteiger partial charge in [-0.1, -0.05) is 0 Å². The molecular formula is C8H13F4NO. The average Bonchev–Trinajstić information content (AvgIpc) is 2.56. The normalized spacial score (nSPS) is 23.4. The van der Waals surface area contributed by atoms with E-state index in [1.807, 2.05) is 0 Å². The maximum Gasteiger partial charge on any atom is 0.319 e. The summed E-state index contributed by atoms with van der Waals surface area (Å²) in [6.45, 7) is -0.162. The number of ether oxygens (including phenoxy) is 1. The van der Waals surface area contributed by atoms with Crippen molar-refractivity contribution >= 4 is 0 Å². The summed E-state index contributed by atoms with van der Waals surface area (Å²) in [6, 6.07) is 0. The van der Waals surface area contributed by atoms with Crippen LogP contribution in [0.5, 0.6) is 0 Å². The zero-order valence-corrected chi connectivity index (χ0v) is 7.61. The summed E-state index contributed by atoms with van der Waals surface area (Å²) < 4.78 is 53.3. The second-order valence-corrected chi connectivity index (χ2v) is 3.33. The molecule has 1 heterocycles. The Labute approximate surface area is 79.6 Å². The van der Waals surface area contributed by atoms with Crippen LogP contribution in [0.1, 0.15) is 12.8 Å². The van der Waals surface area contributed by atoms with Crippen LogP contribution in [0.15, 0.2) is 0 Å². The van der Waals surface area contributed by atoms with Gasteiger partial charge in [0.1, 0.15) is 0 Å². The van der Waals surface area contributed by atoms with E-state index in [4.69, 9.17) is 4.74 Å². The van der Waals surface area contributed by atoms with Gasteiger partial charge < -0.3 is 10.1 Å². The van der Waals surface area contributed by atoms with Crippen molar-refractivity contribution in [2.24, 2.45) is 0 Å². The Morgan fingerprint density at radius 1 is 1.43 bits per heavy atom. The van der Waals surface area contributed by atoms with Crippen molar-refractivity contribution < 1.29 is 22.3 Å². The highest BCUT2D eigenvalue weighted by Crippen LogP contribution is 2.21. The van der Waals surface area contributed by atoms with E-state index in [0.717, 1.165) is 12.8 Å². The molecule has 6 heteroatoms. The van der Waals surface area contributed by atoms with Crippen molar-refractivity contribution in [3.8, 4) is 0 Å². The maximum absolute atomic E-state index is 12.4. The third-order valence-electron chi connectivity index (χ3n) is 2.08. The summed E-state index contributed by atoms with van der Waals surface area (Å²) in [6.07, 6.45) is -2.02. The van der Waals surface area contributed by atoms with Crippen LogP contribution in [0.4, 0.5) is 17.6 Å². The highest BCUT2D eigenvalue weighted by molar-refractivity contribution is 4.74. The van der Waals surface area contributed by atoms with Crippen LogP contribution in [0.3, 0.4) is 0 Å². The Hall–Kier alpha value is -0.360. The minimum atomic E-state index is -3.95. The molecule has 1 aliphatic rings. The predicted octanol–water partition coefficient (Wildman–Crippen LogP) is 1.66. The standard InChI is InChI=1S/C8H13F4NO/c9-7(10)8(11,12)5-13-4-6-2-1-3-14-6/h6-7,13H,1-5H2. The van der Waals surface area contributed by atoms with Gasteiger partial charge in [-0.15, -0.1) is 0 Å². The van der Waals surface area contributed by atoms with E-state index < -0.39 is 18.9 Å². The zero-order valence-electron chi connectivity index (χ0n) is 7.61. The second-order valence-electron chi connectivity index (χ2n) is 3.33. The first-order valence-electron chi connectivity index (χ1n) is 4.50. The van der Waals surface area contributed by atoms with Gasteiger partial charge in [0, 0.05) is 13.2 Å². The van der Waals surface area contributed by atoms with Crippen LogP contribution < -0.4 is 5.32 Å². The van der Waals surface area contributed by atoms with Gasteiger partial charge >= 0.3 is 12.3 Å². The lowest BCUT2D eigenvalue weighted by Crippen LogP contribution is -2.41. The molecule has 0 amide bonds. The molecule has 0 bridgehead atoms. The van der Waals surface area contributed by atoms with Gasteiger partial charge in [-0.3, -0.25) is 0 Å². The molecule has 0 spiro atoms. The van der Waals surface area contributed by atoms with Crippen LogP contribution in [0.2, 0.25) is 0 Å². The molecule has 1 saturated heterocycles. The Balaban J connectivity index is 2.13. The summed E-state index contributed by atoms with van der Waals surface area (Å²) in [5, 5.41) is 2.29. The molecule has 0 aromatic rings. The summed E-state index contributed by atoms with van der Waals surface area (Å²) in [5.74, 6) is -3.95. The fourth-order valence-electron chi connectivity index (χ4n) is 1.28. The van der Waals surface area contributed by atoms with Crippen LogP contribution in [0, 0.1) is 0 Å². The summed E-state index contributed by atoms with van der Waals surface area (Å²) in [7, 11) is 0. The van der Waals surface area contributed by atoms with E-state index >= 15 is 0 Å². The number of hydrogen-bond acceptors (Lipinski definition) is 2. The molecule has 1 aliphatic heterocycles. The monoisotopic (exact) mass is 215 g/mol. The van der Waals surface area contributed by atoms with Gasteiger partial charge in [0.25, 0.3) is 0 Å². The molecule has 0 aromatic heterocycles. The minimum Gasteiger partial charge on any atom is -0.377 e. The number of hydrogen-bond donors (Lipinski definition) is 1. The summed E-state index contributed by atoms with van der Waals surface area (Å²) in [4.78, 5) is 0. The molecular weight excluding hydrogens is 202 g/mol. The van der Waals surface area contributed by atoms with Crippen molar-refractivity contribution in [2.45, 2.75) is 31.3 Å². The molecule has 0 aromatic carbocycles. The molecule has 1 fully saturated rings. The number of rotatable bonds is 5. The van der Waals surface area contributed by atoms with E-state index in [9.17, 15) is 17.6 Å². The molecule has 0 saturated carbocycles. The van der Waals surface area contributed by atoms with E-state index in [0.29, 0.717) is 6.61 Å². The Morgan fingerprint density at radius 2 is 2.14 bits per heavy atom. The summed E-state index contributed by atoms with van der Waals surface area (Å²) >= 11 is 0. The van der Waals surface area contributed by atoms with E-state index in [-0.39, 0.29) is 12.6 Å². The lowest BCUT2D eigenvalue weighted by Gasteiger charge is -2.17. The minimum absolute atomic E-state index is 0.108. The molecule has 1 N–H and O–H groups in total. The van der Waals surface area contributed by atoms with Crippen molar-refractivity contribution in [1.29, 1.82) is 0 Å². The number of alkyl halides is 4. The van der Waals surface area contributed by atoms with Gasteiger partial charge in [-0.25, -0.2) is 8.78 Å². The van der Waals surface area contributed by atoms with Crippen LogP contribution >= 0.6 is 0 Å². The molecule has 14 heavy (non-hydrogen) atoms. The molecule has 1 unspecified atom stereocenters. The van der Waals surface area contributed by atoms with Gasteiger partial charge in [0.2, 0.25) is 0 Å². The summed E-state index contributed by atoms with van der Waals surface area (Å²) in [5.41, 5.74) is 0. The lowest BCUT2D eigenvalue weighted by atomic mass is 10.2. The highest BCUT2D eigenvalue weighted by atomic mass is 19.3. The van der Waals surface area contributed by atoms with E-state index in [1.54, 1.807) is 0 Å². The smallest absolute Gasteiger partial charge is 0.319 e. The van der Waals surface area contributed by atoms with Gasteiger partial charge in [-0.05, 0) is 12.8 Å². The Kier molecular flexibility index (Phi) is 4.12. The fraction of sp³-hybridized carbons (Fsp3) is 1.00. The first kappa shape index (κ1) is 11.7. The van der Waals surface area contributed by atoms with Gasteiger partial charge in [0.05, 0.1) is 12.6 Å². The molecule has 1 atom stereocenters. The zero-order chi connectivity index (χ0) is 10.6. The molecule has 0 radical (unpaired) electrons. The molecule has 2 nitrogen and oxygen atoms in total.